The zero-order valence-corrected chi connectivity index (χ0v) is 18.6. The lowest BCUT2D eigenvalue weighted by atomic mass is 10.2. The number of hydrogen-bond acceptors (Lipinski definition) is 7. The van der Waals surface area contributed by atoms with Crippen LogP contribution in [0, 0.1) is 5.82 Å². The van der Waals surface area contributed by atoms with Crippen LogP contribution in [0.2, 0.25) is 10.0 Å². The molecule has 0 saturated carbocycles. The minimum atomic E-state index is -4.13. The minimum Gasteiger partial charge on any atom is -0.478 e. The van der Waals surface area contributed by atoms with Crippen LogP contribution in [0.15, 0.2) is 47.5 Å². The quantitative estimate of drug-likeness (QED) is 0.490. The molecule has 164 valence electrons. The van der Waals surface area contributed by atoms with Gasteiger partial charge in [-0.05, 0) is 25.2 Å². The molecule has 1 aromatic heterocycles. The van der Waals surface area contributed by atoms with E-state index in [0.717, 1.165) is 0 Å². The SMILES string of the molecule is CNCc1ccc(Oc2cnc(NS(=O)(=O)c3cccc(Cl)c3Cl)c(OC)n2)cc1F. The Kier molecular flexibility index (Phi) is 7.16. The van der Waals surface area contributed by atoms with Gasteiger partial charge in [-0.2, -0.15) is 4.98 Å². The zero-order chi connectivity index (χ0) is 22.6. The Balaban J connectivity index is 1.85. The van der Waals surface area contributed by atoms with Gasteiger partial charge < -0.3 is 14.8 Å². The molecule has 3 aromatic rings. The highest BCUT2D eigenvalue weighted by Gasteiger charge is 2.23. The van der Waals surface area contributed by atoms with E-state index in [9.17, 15) is 12.8 Å². The maximum Gasteiger partial charge on any atom is 0.264 e. The molecule has 12 heteroatoms. The predicted octanol–water partition coefficient (Wildman–Crippen LogP) is 4.24. The molecular weight excluding hydrogens is 470 g/mol. The van der Waals surface area contributed by atoms with Gasteiger partial charge in [0.25, 0.3) is 15.9 Å². The van der Waals surface area contributed by atoms with E-state index in [-0.39, 0.29) is 38.3 Å². The molecule has 0 saturated heterocycles. The molecule has 2 aromatic carbocycles. The smallest absolute Gasteiger partial charge is 0.264 e. The normalized spacial score (nSPS) is 11.3. The van der Waals surface area contributed by atoms with Gasteiger partial charge in [0.2, 0.25) is 11.7 Å². The van der Waals surface area contributed by atoms with Crippen LogP contribution in [0.4, 0.5) is 10.2 Å². The molecule has 0 unspecified atom stereocenters. The lowest BCUT2D eigenvalue weighted by molar-refractivity contribution is 0.382. The number of sulfonamides is 1. The summed E-state index contributed by atoms with van der Waals surface area (Å²) in [4.78, 5) is 7.83. The van der Waals surface area contributed by atoms with Crippen molar-refractivity contribution in [2.45, 2.75) is 11.4 Å². The van der Waals surface area contributed by atoms with Gasteiger partial charge in [0, 0.05) is 18.2 Å². The Labute approximate surface area is 188 Å². The van der Waals surface area contributed by atoms with Gasteiger partial charge in [-0.3, -0.25) is 4.72 Å². The Morgan fingerprint density at radius 3 is 2.65 bits per heavy atom. The van der Waals surface area contributed by atoms with E-state index < -0.39 is 15.8 Å². The van der Waals surface area contributed by atoms with E-state index in [1.54, 1.807) is 19.2 Å². The van der Waals surface area contributed by atoms with Crippen LogP contribution in [0.1, 0.15) is 5.56 Å². The van der Waals surface area contributed by atoms with E-state index in [1.807, 2.05) is 0 Å². The molecule has 0 spiro atoms. The fourth-order valence-corrected chi connectivity index (χ4v) is 4.31. The molecule has 0 bridgehead atoms. The number of halogens is 3. The number of nitrogens with one attached hydrogen (secondary N) is 2. The summed E-state index contributed by atoms with van der Waals surface area (Å²) in [6, 6.07) is 8.55. The summed E-state index contributed by atoms with van der Waals surface area (Å²) in [5.41, 5.74) is 0.475. The average Bonchev–Trinajstić information content (AvgIpc) is 2.73. The first-order valence-corrected chi connectivity index (χ1v) is 11.0. The van der Waals surface area contributed by atoms with Crippen LogP contribution in [0.5, 0.6) is 17.5 Å². The van der Waals surface area contributed by atoms with Gasteiger partial charge in [0.05, 0.1) is 23.4 Å². The maximum absolute atomic E-state index is 14.1. The van der Waals surface area contributed by atoms with E-state index in [4.69, 9.17) is 32.7 Å². The monoisotopic (exact) mass is 486 g/mol. The summed E-state index contributed by atoms with van der Waals surface area (Å²) >= 11 is 11.9. The Bertz CT molecular complexity index is 1210. The number of rotatable bonds is 8. The first kappa shape index (κ1) is 23.0. The summed E-state index contributed by atoms with van der Waals surface area (Å²) in [5.74, 6) is -0.642. The second kappa shape index (κ2) is 9.65. The molecule has 0 aliphatic heterocycles. The molecule has 0 radical (unpaired) electrons. The molecule has 3 rings (SSSR count). The second-order valence-corrected chi connectivity index (χ2v) is 8.55. The first-order valence-electron chi connectivity index (χ1n) is 8.74. The summed E-state index contributed by atoms with van der Waals surface area (Å²) in [7, 11) is -1.14. The lowest BCUT2D eigenvalue weighted by Gasteiger charge is -2.13. The van der Waals surface area contributed by atoms with Gasteiger partial charge in [0.15, 0.2) is 0 Å². The van der Waals surface area contributed by atoms with Crippen LogP contribution in [0.25, 0.3) is 0 Å². The Morgan fingerprint density at radius 1 is 1.19 bits per heavy atom. The van der Waals surface area contributed by atoms with Crippen molar-refractivity contribution in [2.24, 2.45) is 0 Å². The molecule has 0 aliphatic carbocycles. The van der Waals surface area contributed by atoms with Crippen molar-refractivity contribution >= 4 is 39.0 Å². The highest BCUT2D eigenvalue weighted by atomic mass is 35.5. The molecule has 2 N–H and O–H groups in total. The van der Waals surface area contributed by atoms with E-state index in [2.05, 4.69) is 20.0 Å². The summed E-state index contributed by atoms with van der Waals surface area (Å²) in [6.45, 7) is 0.366. The topological polar surface area (TPSA) is 102 Å². The molecule has 0 fully saturated rings. The van der Waals surface area contributed by atoms with Crippen molar-refractivity contribution in [3.8, 4) is 17.5 Å². The standard InChI is InChI=1S/C19H17Cl2FN4O4S/c1-23-9-11-6-7-12(8-14(11)22)30-16-10-24-18(19(25-16)29-2)26-31(27,28)15-5-3-4-13(20)17(15)21/h3-8,10,23H,9H2,1-2H3,(H,24,26). The second-order valence-electron chi connectivity index (χ2n) is 6.11. The number of hydrogen-bond donors (Lipinski definition) is 2. The largest absolute Gasteiger partial charge is 0.478 e. The Morgan fingerprint density at radius 2 is 1.97 bits per heavy atom. The highest BCUT2D eigenvalue weighted by molar-refractivity contribution is 7.92. The van der Waals surface area contributed by atoms with E-state index in [0.29, 0.717) is 12.1 Å². The summed E-state index contributed by atoms with van der Waals surface area (Å²) in [5, 5.41) is 2.81. The van der Waals surface area contributed by atoms with E-state index >= 15 is 0 Å². The van der Waals surface area contributed by atoms with Crippen molar-refractivity contribution in [3.05, 3.63) is 64.0 Å². The van der Waals surface area contributed by atoms with Crippen molar-refractivity contribution in [1.29, 1.82) is 0 Å². The predicted molar refractivity (Wildman–Crippen MR) is 115 cm³/mol. The third kappa shape index (κ3) is 5.34. The van der Waals surface area contributed by atoms with Crippen LogP contribution < -0.4 is 19.5 Å². The van der Waals surface area contributed by atoms with Crippen LogP contribution in [-0.2, 0) is 16.6 Å². The fourth-order valence-electron chi connectivity index (χ4n) is 2.54. The number of anilines is 1. The summed E-state index contributed by atoms with van der Waals surface area (Å²) in [6.07, 6.45) is 1.17. The van der Waals surface area contributed by atoms with Crippen molar-refractivity contribution in [1.82, 2.24) is 15.3 Å². The van der Waals surface area contributed by atoms with Gasteiger partial charge in [-0.25, -0.2) is 17.8 Å². The Hall–Kier alpha value is -2.66. The van der Waals surface area contributed by atoms with Crippen LogP contribution in [0.3, 0.4) is 0 Å². The van der Waals surface area contributed by atoms with Crippen molar-refractivity contribution < 1.29 is 22.3 Å². The molecule has 1 heterocycles. The molecule has 31 heavy (non-hydrogen) atoms. The fraction of sp³-hybridized carbons (Fsp3) is 0.158. The average molecular weight is 487 g/mol. The highest BCUT2D eigenvalue weighted by Crippen LogP contribution is 2.32. The number of aromatic nitrogens is 2. The van der Waals surface area contributed by atoms with Gasteiger partial charge >= 0.3 is 0 Å². The minimum absolute atomic E-state index is 0.0265. The third-order valence-corrected chi connectivity index (χ3v) is 6.27. The van der Waals surface area contributed by atoms with Gasteiger partial charge in [-0.15, -0.1) is 0 Å². The van der Waals surface area contributed by atoms with Gasteiger partial charge in [0.1, 0.15) is 16.5 Å². The van der Waals surface area contributed by atoms with Gasteiger partial charge in [-0.1, -0.05) is 35.3 Å². The maximum atomic E-state index is 14.1. The van der Waals surface area contributed by atoms with E-state index in [1.165, 1.54) is 37.6 Å². The molecular formula is C19H17Cl2FN4O4S. The molecule has 8 nitrogen and oxygen atoms in total. The van der Waals surface area contributed by atoms with Crippen LogP contribution in [-0.4, -0.2) is 32.5 Å². The third-order valence-electron chi connectivity index (χ3n) is 3.96. The summed E-state index contributed by atoms with van der Waals surface area (Å²) < 4.78 is 52.3. The first-order chi connectivity index (χ1) is 14.7. The number of benzene rings is 2. The number of ether oxygens (including phenoxy) is 2. The number of methoxy groups -OCH3 is 1. The molecule has 0 aliphatic rings. The zero-order valence-electron chi connectivity index (χ0n) is 16.3. The van der Waals surface area contributed by atoms with Crippen molar-refractivity contribution in [2.75, 3.05) is 18.9 Å². The van der Waals surface area contributed by atoms with Crippen molar-refractivity contribution in [3.63, 3.8) is 0 Å². The van der Waals surface area contributed by atoms with Crippen LogP contribution >= 0.6 is 23.2 Å². The molecule has 0 amide bonds. The molecule has 0 atom stereocenters. The lowest BCUT2D eigenvalue weighted by Crippen LogP contribution is -2.16. The number of nitrogens with zero attached hydrogens (tertiary/aromatic N) is 2.